The number of carbonyl (C=O) groups excluding carboxylic acids is 1. The molecule has 0 N–H and O–H groups in total. The Kier molecular flexibility index (Phi) is 6.32. The second-order valence-electron chi connectivity index (χ2n) is 5.04. The Morgan fingerprint density at radius 3 is 2.65 bits per heavy atom. The molecule has 1 aliphatic heterocycles. The van der Waals surface area contributed by atoms with E-state index in [0.29, 0.717) is 24.7 Å². The van der Waals surface area contributed by atoms with Gasteiger partial charge in [0, 0.05) is 12.3 Å². The number of esters is 1. The van der Waals surface area contributed by atoms with Gasteiger partial charge in [0.15, 0.2) is 5.37 Å². The molecule has 1 atom stereocenters. The Labute approximate surface area is 141 Å². The van der Waals surface area contributed by atoms with Crippen molar-refractivity contribution in [3.63, 3.8) is 0 Å². The lowest BCUT2D eigenvalue weighted by Gasteiger charge is -2.21. The number of hydrogen-bond donors (Lipinski definition) is 0. The average molecular weight is 359 g/mol. The minimum absolute atomic E-state index is 0.150. The van der Waals surface area contributed by atoms with Crippen LogP contribution in [0.4, 0.5) is 0 Å². The molecule has 0 radical (unpaired) electrons. The third kappa shape index (κ3) is 4.19. The summed E-state index contributed by atoms with van der Waals surface area (Å²) in [5, 5.41) is -0.814. The Bertz CT molecular complexity index is 630. The summed E-state index contributed by atoms with van der Waals surface area (Å²) in [4.78, 5) is 11.9. The largest absolute Gasteiger partial charge is 0.494 e. The van der Waals surface area contributed by atoms with E-state index >= 15 is 0 Å². The predicted octanol–water partition coefficient (Wildman–Crippen LogP) is 2.10. The maximum absolute atomic E-state index is 12.7. The molecule has 0 amide bonds. The number of benzene rings is 1. The molecule has 8 heteroatoms. The summed E-state index contributed by atoms with van der Waals surface area (Å²) in [7, 11) is -2.47. The van der Waals surface area contributed by atoms with E-state index in [0.717, 1.165) is 12.8 Å². The third-order valence-electron chi connectivity index (χ3n) is 3.45. The van der Waals surface area contributed by atoms with Gasteiger partial charge in [-0.25, -0.2) is 13.2 Å². The van der Waals surface area contributed by atoms with Crippen LogP contribution >= 0.6 is 11.8 Å². The topological polar surface area (TPSA) is 72.9 Å². The molecular weight excluding hydrogens is 338 g/mol. The van der Waals surface area contributed by atoms with Gasteiger partial charge in [-0.15, -0.1) is 11.8 Å². The average Bonchev–Trinajstić information content (AvgIpc) is 3.05. The van der Waals surface area contributed by atoms with Crippen molar-refractivity contribution >= 4 is 27.8 Å². The maximum Gasteiger partial charge on any atom is 0.334 e. The van der Waals surface area contributed by atoms with Crippen molar-refractivity contribution in [2.24, 2.45) is 0 Å². The minimum atomic E-state index is -3.73. The van der Waals surface area contributed by atoms with Crippen LogP contribution in [0.2, 0.25) is 0 Å². The van der Waals surface area contributed by atoms with Crippen molar-refractivity contribution in [3.05, 3.63) is 24.3 Å². The predicted molar refractivity (Wildman–Crippen MR) is 89.0 cm³/mol. The second kappa shape index (κ2) is 8.03. The number of unbranched alkanes of at least 4 members (excludes halogenated alkanes) is 1. The van der Waals surface area contributed by atoms with Crippen molar-refractivity contribution < 1.29 is 22.7 Å². The number of nitrogens with zero attached hydrogens (tertiary/aromatic N) is 1. The zero-order valence-corrected chi connectivity index (χ0v) is 14.9. The zero-order valence-electron chi connectivity index (χ0n) is 13.2. The van der Waals surface area contributed by atoms with E-state index in [1.54, 1.807) is 12.1 Å². The highest BCUT2D eigenvalue weighted by Crippen LogP contribution is 2.31. The van der Waals surface area contributed by atoms with Crippen LogP contribution in [0, 0.1) is 0 Å². The van der Waals surface area contributed by atoms with Crippen molar-refractivity contribution in [1.82, 2.24) is 4.31 Å². The highest BCUT2D eigenvalue weighted by molar-refractivity contribution is 8.02. The number of thioether (sulfide) groups is 1. The second-order valence-corrected chi connectivity index (χ2v) is 8.11. The van der Waals surface area contributed by atoms with Crippen LogP contribution in [-0.4, -0.2) is 50.1 Å². The summed E-state index contributed by atoms with van der Waals surface area (Å²) in [5.41, 5.74) is 0. The molecule has 1 heterocycles. The molecule has 2 rings (SSSR count). The first-order valence-electron chi connectivity index (χ1n) is 7.45. The molecule has 6 nitrogen and oxygen atoms in total. The first-order chi connectivity index (χ1) is 11.0. The monoisotopic (exact) mass is 359 g/mol. The summed E-state index contributed by atoms with van der Waals surface area (Å²) in [6.45, 7) is 2.97. The number of sulfonamides is 1. The van der Waals surface area contributed by atoms with E-state index < -0.39 is 21.4 Å². The van der Waals surface area contributed by atoms with E-state index in [-0.39, 0.29) is 4.90 Å². The fourth-order valence-electron chi connectivity index (χ4n) is 2.16. The van der Waals surface area contributed by atoms with Crippen LogP contribution in [-0.2, 0) is 19.6 Å². The summed E-state index contributed by atoms with van der Waals surface area (Å²) in [6.07, 6.45) is 1.99. The fraction of sp³-hybridized carbons (Fsp3) is 0.533. The zero-order chi connectivity index (χ0) is 16.9. The van der Waals surface area contributed by atoms with Crippen LogP contribution in [0.3, 0.4) is 0 Å². The highest BCUT2D eigenvalue weighted by atomic mass is 32.2. The van der Waals surface area contributed by atoms with E-state index in [1.165, 1.54) is 35.3 Å². The highest BCUT2D eigenvalue weighted by Gasteiger charge is 2.40. The molecular formula is C15H21NO5S2. The molecule has 0 bridgehead atoms. The van der Waals surface area contributed by atoms with E-state index in [4.69, 9.17) is 4.74 Å². The number of hydrogen-bond acceptors (Lipinski definition) is 6. The fourth-order valence-corrected chi connectivity index (χ4v) is 5.25. The number of methoxy groups -OCH3 is 1. The van der Waals surface area contributed by atoms with Crippen molar-refractivity contribution in [3.8, 4) is 5.75 Å². The van der Waals surface area contributed by atoms with E-state index in [1.807, 2.05) is 0 Å². The van der Waals surface area contributed by atoms with Crippen LogP contribution in [0.5, 0.6) is 5.75 Å². The van der Waals surface area contributed by atoms with Gasteiger partial charge in [0.05, 0.1) is 18.6 Å². The molecule has 1 unspecified atom stereocenters. The third-order valence-corrected chi connectivity index (χ3v) is 6.64. The maximum atomic E-state index is 12.7. The van der Waals surface area contributed by atoms with Crippen LogP contribution in [0.25, 0.3) is 0 Å². The quantitative estimate of drug-likeness (QED) is 0.548. The lowest BCUT2D eigenvalue weighted by atomic mass is 10.3. The first kappa shape index (κ1) is 18.1. The minimum Gasteiger partial charge on any atom is -0.494 e. The molecule has 0 spiro atoms. The Hall–Kier alpha value is -1.25. The summed E-state index contributed by atoms with van der Waals surface area (Å²) >= 11 is 1.27. The van der Waals surface area contributed by atoms with Crippen LogP contribution < -0.4 is 4.74 Å². The summed E-state index contributed by atoms with van der Waals surface area (Å²) < 4.78 is 36.8. The van der Waals surface area contributed by atoms with Gasteiger partial charge in [-0.05, 0) is 30.7 Å². The molecule has 23 heavy (non-hydrogen) atoms. The van der Waals surface area contributed by atoms with Crippen molar-refractivity contribution in [1.29, 1.82) is 0 Å². The Morgan fingerprint density at radius 2 is 2.04 bits per heavy atom. The standard InChI is InChI=1S/C15H21NO5S2/c1-3-4-10-21-12-5-7-13(8-6-12)23(18,19)16-9-11-22-14(16)15(17)20-2/h5-8,14H,3-4,9-11H2,1-2H3. The van der Waals surface area contributed by atoms with Crippen LogP contribution in [0.15, 0.2) is 29.2 Å². The van der Waals surface area contributed by atoms with E-state index in [9.17, 15) is 13.2 Å². The Balaban J connectivity index is 2.14. The normalized spacial score (nSPS) is 18.8. The molecule has 0 saturated carbocycles. The van der Waals surface area contributed by atoms with Gasteiger partial charge < -0.3 is 9.47 Å². The molecule has 1 aromatic rings. The smallest absolute Gasteiger partial charge is 0.334 e. The first-order valence-corrected chi connectivity index (χ1v) is 9.93. The Morgan fingerprint density at radius 1 is 1.35 bits per heavy atom. The van der Waals surface area contributed by atoms with E-state index in [2.05, 4.69) is 11.7 Å². The number of rotatable bonds is 7. The van der Waals surface area contributed by atoms with Crippen molar-refractivity contribution in [2.75, 3.05) is 26.0 Å². The summed E-state index contributed by atoms with van der Waals surface area (Å²) in [6, 6.07) is 6.29. The molecule has 1 aromatic carbocycles. The van der Waals surface area contributed by atoms with Crippen molar-refractivity contribution in [2.45, 2.75) is 30.0 Å². The number of ether oxygens (including phenoxy) is 2. The molecule has 0 aliphatic carbocycles. The van der Waals surface area contributed by atoms with Gasteiger partial charge in [-0.1, -0.05) is 13.3 Å². The van der Waals surface area contributed by atoms with Gasteiger partial charge in [-0.3, -0.25) is 0 Å². The summed E-state index contributed by atoms with van der Waals surface area (Å²) in [5.74, 6) is 0.658. The molecule has 1 saturated heterocycles. The van der Waals surface area contributed by atoms with Gasteiger partial charge in [-0.2, -0.15) is 4.31 Å². The van der Waals surface area contributed by atoms with Gasteiger partial charge in [0.2, 0.25) is 10.0 Å². The lowest BCUT2D eigenvalue weighted by molar-refractivity contribution is -0.141. The van der Waals surface area contributed by atoms with Gasteiger partial charge in [0.1, 0.15) is 5.75 Å². The molecule has 1 aliphatic rings. The lowest BCUT2D eigenvalue weighted by Crippen LogP contribution is -2.39. The molecule has 1 fully saturated rings. The SMILES string of the molecule is CCCCOc1ccc(S(=O)(=O)N2CCSC2C(=O)OC)cc1. The van der Waals surface area contributed by atoms with Crippen LogP contribution in [0.1, 0.15) is 19.8 Å². The van der Waals surface area contributed by atoms with Gasteiger partial charge in [0.25, 0.3) is 0 Å². The number of carbonyl (C=O) groups is 1. The molecule has 128 valence electrons. The molecule has 0 aromatic heterocycles. The van der Waals surface area contributed by atoms with Gasteiger partial charge >= 0.3 is 5.97 Å².